The number of pyridine rings is 1. The molecule has 0 unspecified atom stereocenters. The normalized spacial score (nSPS) is 11.1. The summed E-state index contributed by atoms with van der Waals surface area (Å²) in [6.07, 6.45) is 10.9. The number of halogens is 1. The summed E-state index contributed by atoms with van der Waals surface area (Å²) in [6, 6.07) is 8.58. The number of imidazole rings is 1. The molecule has 126 valence electrons. The summed E-state index contributed by atoms with van der Waals surface area (Å²) in [7, 11) is 0. The van der Waals surface area contributed by atoms with Gasteiger partial charge in [0.25, 0.3) is 0 Å². The Hall–Kier alpha value is -1.69. The molecular formula is C20H24IN3. The molecule has 0 spiro atoms. The van der Waals surface area contributed by atoms with Crippen LogP contribution in [0.2, 0.25) is 0 Å². The molecule has 0 amide bonds. The number of aromatic amines is 1. The van der Waals surface area contributed by atoms with Gasteiger partial charge in [-0.05, 0) is 48.7 Å². The Morgan fingerprint density at radius 1 is 1.08 bits per heavy atom. The van der Waals surface area contributed by atoms with Gasteiger partial charge in [-0.1, -0.05) is 19.4 Å². The third-order valence-corrected chi connectivity index (χ3v) is 4.24. The highest BCUT2D eigenvalue weighted by molar-refractivity contribution is 5.80. The predicted molar refractivity (Wildman–Crippen MR) is 96.0 cm³/mol. The molecule has 0 bridgehead atoms. The summed E-state index contributed by atoms with van der Waals surface area (Å²) < 4.78 is 2.23. The first-order chi connectivity index (χ1) is 11.2. The molecule has 0 aliphatic rings. The van der Waals surface area contributed by atoms with Gasteiger partial charge in [-0.2, -0.15) is 0 Å². The minimum Gasteiger partial charge on any atom is -1.00 e. The van der Waals surface area contributed by atoms with Gasteiger partial charge >= 0.3 is 0 Å². The quantitative estimate of drug-likeness (QED) is 0.480. The van der Waals surface area contributed by atoms with Crippen molar-refractivity contribution in [1.82, 2.24) is 9.97 Å². The zero-order valence-corrected chi connectivity index (χ0v) is 16.7. The fourth-order valence-electron chi connectivity index (χ4n) is 2.61. The van der Waals surface area contributed by atoms with E-state index in [0.717, 1.165) is 23.4 Å². The second-order valence-electron chi connectivity index (χ2n) is 6.13. The molecule has 3 aromatic rings. The van der Waals surface area contributed by atoms with E-state index in [-0.39, 0.29) is 24.0 Å². The summed E-state index contributed by atoms with van der Waals surface area (Å²) in [6.45, 7) is 7.55. The topological polar surface area (TPSA) is 32.6 Å². The van der Waals surface area contributed by atoms with Gasteiger partial charge in [0.1, 0.15) is 12.4 Å². The second-order valence-corrected chi connectivity index (χ2v) is 6.13. The molecule has 2 heterocycles. The average Bonchev–Trinajstić information content (AvgIpc) is 2.94. The van der Waals surface area contributed by atoms with Crippen LogP contribution in [0.15, 0.2) is 36.7 Å². The molecule has 1 aromatic carbocycles. The number of nitrogens with zero attached hydrogens (tertiary/aromatic N) is 2. The third-order valence-electron chi connectivity index (χ3n) is 4.24. The number of rotatable bonds is 5. The number of fused-ring (bicyclic) bond motifs is 1. The van der Waals surface area contributed by atoms with E-state index in [4.69, 9.17) is 0 Å². The zero-order valence-electron chi connectivity index (χ0n) is 14.5. The lowest BCUT2D eigenvalue weighted by Crippen LogP contribution is -3.00. The number of nitrogens with one attached hydrogen (secondary N) is 1. The maximum Gasteiger partial charge on any atom is 0.169 e. The van der Waals surface area contributed by atoms with Crippen molar-refractivity contribution in [2.24, 2.45) is 0 Å². The van der Waals surface area contributed by atoms with Gasteiger partial charge in [0.2, 0.25) is 0 Å². The fraction of sp³-hybridized carbons (Fsp3) is 0.300. The van der Waals surface area contributed by atoms with E-state index in [1.165, 1.54) is 29.5 Å². The minimum atomic E-state index is 0. The van der Waals surface area contributed by atoms with Gasteiger partial charge in [-0.3, -0.25) is 0 Å². The van der Waals surface area contributed by atoms with Gasteiger partial charge in [-0.25, -0.2) is 9.55 Å². The molecule has 0 saturated heterocycles. The van der Waals surface area contributed by atoms with E-state index in [9.17, 15) is 0 Å². The molecule has 0 aliphatic heterocycles. The first-order valence-electron chi connectivity index (χ1n) is 8.30. The standard InChI is InChI=1S/C20H23N3.HI/c1-4-5-10-23-11-8-17(9-12-23)6-7-20-21-18-13-15(2)16(3)14-19(18)22-20;/h6-9,11-14H,4-5,10H2,1-3H3;1H. The summed E-state index contributed by atoms with van der Waals surface area (Å²) in [4.78, 5) is 8.01. The van der Waals surface area contributed by atoms with Crippen LogP contribution in [0.5, 0.6) is 0 Å². The summed E-state index contributed by atoms with van der Waals surface area (Å²) >= 11 is 0. The summed E-state index contributed by atoms with van der Waals surface area (Å²) in [5.41, 5.74) is 5.87. The van der Waals surface area contributed by atoms with E-state index in [1.54, 1.807) is 0 Å². The van der Waals surface area contributed by atoms with Crippen LogP contribution in [0.25, 0.3) is 23.2 Å². The molecule has 4 heteroatoms. The molecule has 0 fully saturated rings. The van der Waals surface area contributed by atoms with Crippen molar-refractivity contribution in [2.75, 3.05) is 0 Å². The Balaban J connectivity index is 0.00000208. The highest BCUT2D eigenvalue weighted by Gasteiger charge is 2.03. The minimum absolute atomic E-state index is 0. The molecule has 0 atom stereocenters. The maximum atomic E-state index is 4.64. The lowest BCUT2D eigenvalue weighted by atomic mass is 10.1. The Morgan fingerprint density at radius 3 is 2.50 bits per heavy atom. The number of hydrogen-bond acceptors (Lipinski definition) is 1. The molecule has 3 rings (SSSR count). The highest BCUT2D eigenvalue weighted by atomic mass is 127. The average molecular weight is 433 g/mol. The van der Waals surface area contributed by atoms with Crippen LogP contribution in [0.3, 0.4) is 0 Å². The van der Waals surface area contributed by atoms with E-state index >= 15 is 0 Å². The fourth-order valence-corrected chi connectivity index (χ4v) is 2.61. The van der Waals surface area contributed by atoms with Gasteiger partial charge in [-0.15, -0.1) is 0 Å². The molecule has 0 radical (unpaired) electrons. The zero-order chi connectivity index (χ0) is 16.2. The molecule has 24 heavy (non-hydrogen) atoms. The van der Waals surface area contributed by atoms with Gasteiger partial charge in [0.05, 0.1) is 11.0 Å². The number of benzene rings is 1. The molecule has 0 aliphatic carbocycles. The van der Waals surface area contributed by atoms with Crippen LogP contribution in [0, 0.1) is 13.8 Å². The molecule has 0 saturated carbocycles. The number of H-pyrrole nitrogens is 1. The van der Waals surface area contributed by atoms with Crippen LogP contribution < -0.4 is 28.5 Å². The monoisotopic (exact) mass is 433 g/mol. The van der Waals surface area contributed by atoms with Gasteiger partial charge < -0.3 is 29.0 Å². The summed E-state index contributed by atoms with van der Waals surface area (Å²) in [5.74, 6) is 0.896. The van der Waals surface area contributed by atoms with Crippen molar-refractivity contribution in [3.63, 3.8) is 0 Å². The van der Waals surface area contributed by atoms with Crippen LogP contribution in [-0.2, 0) is 6.54 Å². The number of unbranched alkanes of at least 4 members (excludes halogenated alkanes) is 1. The highest BCUT2D eigenvalue weighted by Crippen LogP contribution is 2.18. The Morgan fingerprint density at radius 2 is 1.79 bits per heavy atom. The van der Waals surface area contributed by atoms with Gasteiger partial charge in [0.15, 0.2) is 12.4 Å². The number of aryl methyl sites for hydroxylation is 3. The van der Waals surface area contributed by atoms with Crippen LogP contribution in [-0.4, -0.2) is 9.97 Å². The lowest BCUT2D eigenvalue weighted by molar-refractivity contribution is -0.697. The first-order valence-corrected chi connectivity index (χ1v) is 8.30. The Bertz CT molecular complexity index is 793. The molecular weight excluding hydrogens is 409 g/mol. The third kappa shape index (κ3) is 4.44. The van der Waals surface area contributed by atoms with Crippen LogP contribution in [0.1, 0.15) is 42.3 Å². The number of aromatic nitrogens is 3. The van der Waals surface area contributed by atoms with Crippen molar-refractivity contribution < 1.29 is 28.5 Å². The van der Waals surface area contributed by atoms with Crippen molar-refractivity contribution in [2.45, 2.75) is 40.2 Å². The first kappa shape index (κ1) is 18.6. The lowest BCUT2D eigenvalue weighted by Gasteiger charge is -1.97. The SMILES string of the molecule is CCCC[n+]1ccc(/C=C/c2nc3cc(C)c(C)cc3[nH]2)cc1.[I-]. The Kier molecular flexibility index (Phi) is 6.54. The molecule has 2 aromatic heterocycles. The molecule has 3 nitrogen and oxygen atoms in total. The predicted octanol–water partition coefficient (Wildman–Crippen LogP) is 1.44. The van der Waals surface area contributed by atoms with E-state index in [1.807, 2.05) is 6.08 Å². The smallest absolute Gasteiger partial charge is 0.169 e. The van der Waals surface area contributed by atoms with Crippen LogP contribution in [0.4, 0.5) is 0 Å². The van der Waals surface area contributed by atoms with Crippen molar-refractivity contribution in [3.05, 3.63) is 59.2 Å². The molecule has 1 N–H and O–H groups in total. The van der Waals surface area contributed by atoms with Gasteiger partial charge in [0, 0.05) is 18.6 Å². The van der Waals surface area contributed by atoms with Crippen molar-refractivity contribution in [1.29, 1.82) is 0 Å². The summed E-state index contributed by atoms with van der Waals surface area (Å²) in [5, 5.41) is 0. The second kappa shape index (κ2) is 8.42. The Labute approximate surface area is 160 Å². The van der Waals surface area contributed by atoms with E-state index in [2.05, 4.69) is 78.0 Å². The largest absolute Gasteiger partial charge is 1.00 e. The van der Waals surface area contributed by atoms with E-state index < -0.39 is 0 Å². The number of hydrogen-bond donors (Lipinski definition) is 1. The van der Waals surface area contributed by atoms with Crippen LogP contribution >= 0.6 is 0 Å². The van der Waals surface area contributed by atoms with E-state index in [0.29, 0.717) is 0 Å². The maximum absolute atomic E-state index is 4.64. The van der Waals surface area contributed by atoms with Crippen molar-refractivity contribution >= 4 is 23.2 Å². The van der Waals surface area contributed by atoms with Crippen molar-refractivity contribution in [3.8, 4) is 0 Å².